The fourth-order valence-corrected chi connectivity index (χ4v) is 3.87. The minimum atomic E-state index is -1.65. The Labute approximate surface area is 202 Å². The summed E-state index contributed by atoms with van der Waals surface area (Å²) in [7, 11) is 0. The number of furan rings is 1. The van der Waals surface area contributed by atoms with Crippen LogP contribution in [0.3, 0.4) is 0 Å². The highest BCUT2D eigenvalue weighted by molar-refractivity contribution is 6.42. The minimum Gasteiger partial charge on any atom is -0.479 e. The molecule has 5 nitrogen and oxygen atoms in total. The standard InChI is InChI=1S/C23H18Cl2F4N2O3/c24-15-3-1-13(9-16(15)25)11-30-5-7-31(8-6-30)23(32)19-4-2-14(34-19)12-33-22-20(28)17(26)10-18(27)21(22)29/h1-4,9-10H,5-8,11-12H2. The van der Waals surface area contributed by atoms with Crippen LogP contribution in [0.25, 0.3) is 0 Å². The largest absolute Gasteiger partial charge is 0.479 e. The Morgan fingerprint density at radius 1 is 0.912 bits per heavy atom. The zero-order chi connectivity index (χ0) is 24.4. The highest BCUT2D eigenvalue weighted by atomic mass is 35.5. The van der Waals surface area contributed by atoms with Gasteiger partial charge in [0.1, 0.15) is 12.4 Å². The van der Waals surface area contributed by atoms with E-state index >= 15 is 0 Å². The molecule has 0 radical (unpaired) electrons. The molecule has 0 spiro atoms. The second-order valence-corrected chi connectivity index (χ2v) is 8.48. The number of halogens is 6. The third-order valence-electron chi connectivity index (χ3n) is 5.35. The average molecular weight is 517 g/mol. The average Bonchev–Trinajstić information content (AvgIpc) is 3.29. The molecule has 0 atom stereocenters. The van der Waals surface area contributed by atoms with Crippen molar-refractivity contribution in [3.8, 4) is 5.75 Å². The quantitative estimate of drug-likeness (QED) is 0.312. The van der Waals surface area contributed by atoms with Crippen molar-refractivity contribution in [2.45, 2.75) is 13.2 Å². The predicted molar refractivity (Wildman–Crippen MR) is 117 cm³/mol. The van der Waals surface area contributed by atoms with Gasteiger partial charge in [-0.25, -0.2) is 8.78 Å². The van der Waals surface area contributed by atoms with E-state index in [0.717, 1.165) is 5.56 Å². The summed E-state index contributed by atoms with van der Waals surface area (Å²) in [4.78, 5) is 16.5. The van der Waals surface area contributed by atoms with E-state index < -0.39 is 35.6 Å². The fraction of sp³-hybridized carbons (Fsp3) is 0.261. The van der Waals surface area contributed by atoms with Gasteiger partial charge < -0.3 is 14.1 Å². The lowest BCUT2D eigenvalue weighted by Crippen LogP contribution is -2.48. The molecule has 1 saturated heterocycles. The van der Waals surface area contributed by atoms with E-state index in [0.29, 0.717) is 42.8 Å². The SMILES string of the molecule is O=C(c1ccc(COc2c(F)c(F)cc(F)c2F)o1)N1CCN(Cc2ccc(Cl)c(Cl)c2)CC1. The zero-order valence-corrected chi connectivity index (χ0v) is 19.1. The molecule has 1 aliphatic heterocycles. The predicted octanol–water partition coefficient (Wildman–Crippen LogP) is 5.68. The lowest BCUT2D eigenvalue weighted by molar-refractivity contribution is 0.0594. The van der Waals surface area contributed by atoms with E-state index in [1.165, 1.54) is 12.1 Å². The van der Waals surface area contributed by atoms with Crippen molar-refractivity contribution in [1.29, 1.82) is 0 Å². The first-order chi connectivity index (χ1) is 16.2. The third-order valence-corrected chi connectivity index (χ3v) is 6.09. The number of ether oxygens (including phenoxy) is 1. The van der Waals surface area contributed by atoms with Crippen molar-refractivity contribution in [3.05, 3.63) is 86.8 Å². The van der Waals surface area contributed by atoms with Crippen molar-refractivity contribution in [3.63, 3.8) is 0 Å². The molecule has 180 valence electrons. The minimum absolute atomic E-state index is 0.0166. The molecule has 0 unspecified atom stereocenters. The topological polar surface area (TPSA) is 45.9 Å². The molecule has 0 saturated carbocycles. The van der Waals surface area contributed by atoms with Gasteiger partial charge in [-0.2, -0.15) is 8.78 Å². The Kier molecular flexibility index (Phi) is 7.35. The van der Waals surface area contributed by atoms with Gasteiger partial charge in [-0.05, 0) is 29.8 Å². The number of nitrogens with zero attached hydrogens (tertiary/aromatic N) is 2. The van der Waals surface area contributed by atoms with Crippen LogP contribution in [0.5, 0.6) is 5.75 Å². The lowest BCUT2D eigenvalue weighted by atomic mass is 10.2. The molecule has 0 bridgehead atoms. The number of hydrogen-bond acceptors (Lipinski definition) is 4. The van der Waals surface area contributed by atoms with Crippen molar-refractivity contribution in [2.75, 3.05) is 26.2 Å². The maximum Gasteiger partial charge on any atom is 0.289 e. The Bertz CT molecular complexity index is 1190. The molecular formula is C23H18Cl2F4N2O3. The maximum absolute atomic E-state index is 13.7. The Balaban J connectivity index is 1.32. The number of carbonyl (C=O) groups is 1. The number of carbonyl (C=O) groups excluding carboxylic acids is 1. The maximum atomic E-state index is 13.7. The molecule has 11 heteroatoms. The zero-order valence-electron chi connectivity index (χ0n) is 17.6. The Morgan fingerprint density at radius 2 is 1.59 bits per heavy atom. The molecule has 1 aromatic heterocycles. The van der Waals surface area contributed by atoms with Crippen molar-refractivity contribution < 1.29 is 31.5 Å². The molecule has 34 heavy (non-hydrogen) atoms. The van der Waals surface area contributed by atoms with Gasteiger partial charge in [0, 0.05) is 38.8 Å². The Hall–Kier alpha value is -2.75. The summed E-state index contributed by atoms with van der Waals surface area (Å²) in [5.41, 5.74) is 1.01. The van der Waals surface area contributed by atoms with E-state index in [-0.39, 0.29) is 23.5 Å². The van der Waals surface area contributed by atoms with Gasteiger partial charge in [0.25, 0.3) is 5.91 Å². The van der Waals surface area contributed by atoms with E-state index in [1.54, 1.807) is 11.0 Å². The van der Waals surface area contributed by atoms with Gasteiger partial charge >= 0.3 is 0 Å². The highest BCUT2D eigenvalue weighted by Crippen LogP contribution is 2.28. The molecule has 3 aromatic rings. The van der Waals surface area contributed by atoms with Crippen LogP contribution in [0.15, 0.2) is 40.8 Å². The summed E-state index contributed by atoms with van der Waals surface area (Å²) < 4.78 is 64.3. The molecule has 0 N–H and O–H groups in total. The summed E-state index contributed by atoms with van der Waals surface area (Å²) in [6.07, 6.45) is 0. The van der Waals surface area contributed by atoms with Crippen molar-refractivity contribution >= 4 is 29.1 Å². The van der Waals surface area contributed by atoms with Gasteiger partial charge in [-0.1, -0.05) is 29.3 Å². The van der Waals surface area contributed by atoms with Crippen molar-refractivity contribution in [2.24, 2.45) is 0 Å². The highest BCUT2D eigenvalue weighted by Gasteiger charge is 2.25. The second-order valence-electron chi connectivity index (χ2n) is 7.67. The smallest absolute Gasteiger partial charge is 0.289 e. The van der Waals surface area contributed by atoms with Crippen LogP contribution in [0, 0.1) is 23.3 Å². The first-order valence-corrected chi connectivity index (χ1v) is 11.0. The number of amides is 1. The van der Waals surface area contributed by atoms with Crippen LogP contribution in [-0.2, 0) is 13.2 Å². The number of hydrogen-bond donors (Lipinski definition) is 0. The molecule has 2 aromatic carbocycles. The normalized spacial score (nSPS) is 14.5. The van der Waals surface area contributed by atoms with E-state index in [1.807, 2.05) is 12.1 Å². The molecule has 1 aliphatic rings. The first-order valence-electron chi connectivity index (χ1n) is 10.2. The molecule has 2 heterocycles. The molecule has 1 amide bonds. The van der Waals surface area contributed by atoms with Crippen molar-refractivity contribution in [1.82, 2.24) is 9.80 Å². The molecule has 4 rings (SSSR count). The second kappa shape index (κ2) is 10.2. The summed E-state index contributed by atoms with van der Waals surface area (Å²) in [5.74, 6) is -7.94. The van der Waals surface area contributed by atoms with Gasteiger partial charge in [0.05, 0.1) is 10.0 Å². The summed E-state index contributed by atoms with van der Waals surface area (Å²) >= 11 is 12.0. The third kappa shape index (κ3) is 5.32. The number of benzene rings is 2. The van der Waals surface area contributed by atoms with Crippen LogP contribution in [0.2, 0.25) is 10.0 Å². The summed E-state index contributed by atoms with van der Waals surface area (Å²) in [6, 6.07) is 8.33. The van der Waals surface area contributed by atoms with Crippen LogP contribution in [0.1, 0.15) is 21.9 Å². The van der Waals surface area contributed by atoms with Crippen LogP contribution < -0.4 is 4.74 Å². The van der Waals surface area contributed by atoms with Crippen LogP contribution in [0.4, 0.5) is 17.6 Å². The van der Waals surface area contributed by atoms with Gasteiger partial charge in [-0.15, -0.1) is 0 Å². The first kappa shape index (κ1) is 24.4. The monoisotopic (exact) mass is 516 g/mol. The number of piperazine rings is 1. The van der Waals surface area contributed by atoms with Crippen LogP contribution in [-0.4, -0.2) is 41.9 Å². The van der Waals surface area contributed by atoms with Gasteiger partial charge in [0.2, 0.25) is 11.6 Å². The van der Waals surface area contributed by atoms with E-state index in [9.17, 15) is 22.4 Å². The number of rotatable bonds is 6. The summed E-state index contributed by atoms with van der Waals surface area (Å²) in [5, 5.41) is 0.973. The Morgan fingerprint density at radius 3 is 2.24 bits per heavy atom. The molecule has 1 fully saturated rings. The molecule has 0 aliphatic carbocycles. The van der Waals surface area contributed by atoms with E-state index in [2.05, 4.69) is 4.90 Å². The summed E-state index contributed by atoms with van der Waals surface area (Å²) in [6.45, 7) is 2.33. The van der Waals surface area contributed by atoms with Crippen LogP contribution >= 0.6 is 23.2 Å². The van der Waals surface area contributed by atoms with E-state index in [4.69, 9.17) is 32.4 Å². The molecular weight excluding hydrogens is 499 g/mol. The van der Waals surface area contributed by atoms with Gasteiger partial charge in [0.15, 0.2) is 23.1 Å². The fourth-order valence-electron chi connectivity index (χ4n) is 3.55. The lowest BCUT2D eigenvalue weighted by Gasteiger charge is -2.34. The van der Waals surface area contributed by atoms with Gasteiger partial charge in [-0.3, -0.25) is 9.69 Å².